The van der Waals surface area contributed by atoms with Crippen molar-refractivity contribution < 1.29 is 14.3 Å². The summed E-state index contributed by atoms with van der Waals surface area (Å²) in [6.07, 6.45) is 0. The van der Waals surface area contributed by atoms with Crippen molar-refractivity contribution in [1.29, 1.82) is 0 Å². The maximum absolute atomic E-state index is 11.6. The first kappa shape index (κ1) is 15.9. The lowest BCUT2D eigenvalue weighted by Crippen LogP contribution is -2.32. The molecule has 0 fully saturated rings. The van der Waals surface area contributed by atoms with Crippen LogP contribution in [0.25, 0.3) is 0 Å². The van der Waals surface area contributed by atoms with E-state index in [1.807, 2.05) is 13.8 Å². The highest BCUT2D eigenvalue weighted by Crippen LogP contribution is 2.09. The summed E-state index contributed by atoms with van der Waals surface area (Å²) >= 11 is 0. The van der Waals surface area contributed by atoms with E-state index in [4.69, 9.17) is 4.74 Å². The van der Waals surface area contributed by atoms with Crippen molar-refractivity contribution in [2.45, 2.75) is 20.8 Å². The average molecular weight is 280 g/mol. The molecule has 0 aliphatic carbocycles. The first-order valence-corrected chi connectivity index (χ1v) is 6.64. The number of aromatic nitrogens is 2. The van der Waals surface area contributed by atoms with Crippen molar-refractivity contribution in [3.05, 3.63) is 17.8 Å². The molecule has 0 unspecified atom stereocenters. The molecule has 1 heterocycles. The molecule has 7 heteroatoms. The second kappa shape index (κ2) is 8.08. The van der Waals surface area contributed by atoms with Crippen molar-refractivity contribution in [2.24, 2.45) is 0 Å². The first-order valence-electron chi connectivity index (χ1n) is 6.64. The second-order valence-electron chi connectivity index (χ2n) is 3.96. The molecule has 1 N–H and O–H groups in total. The van der Waals surface area contributed by atoms with Gasteiger partial charge in [-0.15, -0.1) is 10.2 Å². The number of carbonyl (C=O) groups is 2. The summed E-state index contributed by atoms with van der Waals surface area (Å²) in [4.78, 5) is 24.8. The van der Waals surface area contributed by atoms with Crippen LogP contribution in [0.2, 0.25) is 0 Å². The molecule has 0 radical (unpaired) electrons. The number of nitrogens with zero attached hydrogens (tertiary/aromatic N) is 3. The van der Waals surface area contributed by atoms with Gasteiger partial charge in [-0.3, -0.25) is 9.59 Å². The number of carbonyl (C=O) groups excluding carboxylic acids is 2. The topological polar surface area (TPSA) is 84.4 Å². The van der Waals surface area contributed by atoms with Gasteiger partial charge in [-0.25, -0.2) is 0 Å². The van der Waals surface area contributed by atoms with Crippen molar-refractivity contribution in [1.82, 2.24) is 15.5 Å². The number of nitrogens with one attached hydrogen (secondary N) is 1. The van der Waals surface area contributed by atoms with Crippen LogP contribution >= 0.6 is 0 Å². The highest BCUT2D eigenvalue weighted by atomic mass is 16.5. The molecule has 0 aliphatic rings. The lowest BCUT2D eigenvalue weighted by Gasteiger charge is -2.20. The van der Waals surface area contributed by atoms with Gasteiger partial charge in [0.05, 0.1) is 6.61 Å². The molecule has 1 aromatic heterocycles. The van der Waals surface area contributed by atoms with Gasteiger partial charge in [-0.1, -0.05) is 0 Å². The molecule has 110 valence electrons. The van der Waals surface area contributed by atoms with E-state index >= 15 is 0 Å². The van der Waals surface area contributed by atoms with E-state index in [9.17, 15) is 9.59 Å². The lowest BCUT2D eigenvalue weighted by molar-refractivity contribution is -0.141. The molecule has 1 aromatic rings. The summed E-state index contributed by atoms with van der Waals surface area (Å²) in [5, 5.41) is 10.5. The number of anilines is 1. The van der Waals surface area contributed by atoms with E-state index in [2.05, 4.69) is 15.5 Å². The average Bonchev–Trinajstić information content (AvgIpc) is 2.45. The van der Waals surface area contributed by atoms with E-state index in [0.29, 0.717) is 25.5 Å². The molecule has 20 heavy (non-hydrogen) atoms. The van der Waals surface area contributed by atoms with Crippen LogP contribution in [0.1, 0.15) is 31.3 Å². The van der Waals surface area contributed by atoms with Gasteiger partial charge < -0.3 is 15.0 Å². The second-order valence-corrected chi connectivity index (χ2v) is 3.96. The van der Waals surface area contributed by atoms with Gasteiger partial charge in [0.15, 0.2) is 11.5 Å². The monoisotopic (exact) mass is 280 g/mol. The van der Waals surface area contributed by atoms with Gasteiger partial charge in [0.25, 0.3) is 5.91 Å². The number of hydrogen-bond donors (Lipinski definition) is 1. The van der Waals surface area contributed by atoms with Gasteiger partial charge in [0.2, 0.25) is 0 Å². The smallest absolute Gasteiger partial charge is 0.325 e. The zero-order chi connectivity index (χ0) is 15.0. The van der Waals surface area contributed by atoms with Gasteiger partial charge in [0, 0.05) is 13.1 Å². The number of ether oxygens (including phenoxy) is 1. The first-order chi connectivity index (χ1) is 9.62. The molecule has 7 nitrogen and oxygen atoms in total. The quantitative estimate of drug-likeness (QED) is 0.737. The minimum Gasteiger partial charge on any atom is -0.465 e. The fourth-order valence-electron chi connectivity index (χ4n) is 1.58. The Hall–Kier alpha value is -2.18. The maximum atomic E-state index is 11.6. The van der Waals surface area contributed by atoms with Gasteiger partial charge >= 0.3 is 5.97 Å². The van der Waals surface area contributed by atoms with Gasteiger partial charge in [-0.2, -0.15) is 0 Å². The Morgan fingerprint density at radius 2 is 2.00 bits per heavy atom. The number of hydrogen-bond acceptors (Lipinski definition) is 6. The van der Waals surface area contributed by atoms with Crippen LogP contribution in [0, 0.1) is 0 Å². The molecule has 0 spiro atoms. The maximum Gasteiger partial charge on any atom is 0.325 e. The minimum atomic E-state index is -0.316. The molecule has 0 saturated heterocycles. The Morgan fingerprint density at radius 1 is 1.25 bits per heavy atom. The fraction of sp³-hybridized carbons (Fsp3) is 0.538. The molecule has 0 atom stereocenters. The lowest BCUT2D eigenvalue weighted by atomic mass is 10.3. The van der Waals surface area contributed by atoms with Crippen LogP contribution < -0.4 is 10.2 Å². The Labute approximate surface area is 118 Å². The number of rotatable bonds is 7. The van der Waals surface area contributed by atoms with Gasteiger partial charge in [0.1, 0.15) is 6.54 Å². The van der Waals surface area contributed by atoms with Crippen molar-refractivity contribution >= 4 is 17.7 Å². The van der Waals surface area contributed by atoms with E-state index in [0.717, 1.165) is 0 Å². The van der Waals surface area contributed by atoms with Crippen molar-refractivity contribution in [2.75, 3.05) is 31.1 Å². The molecule has 0 saturated carbocycles. The Morgan fingerprint density at radius 3 is 2.50 bits per heavy atom. The summed E-state index contributed by atoms with van der Waals surface area (Å²) in [6.45, 7) is 7.07. The Balaban J connectivity index is 2.74. The SMILES string of the molecule is CCNC(=O)c1ccc(N(CC)CC(=O)OCC)nn1. The molecule has 1 rings (SSSR count). The summed E-state index contributed by atoms with van der Waals surface area (Å²) < 4.78 is 4.90. The highest BCUT2D eigenvalue weighted by molar-refractivity contribution is 5.92. The third-order valence-corrected chi connectivity index (χ3v) is 2.55. The van der Waals surface area contributed by atoms with E-state index in [1.54, 1.807) is 24.0 Å². The van der Waals surface area contributed by atoms with E-state index in [1.165, 1.54) is 0 Å². The molecule has 0 aliphatic heterocycles. The molecular weight excluding hydrogens is 260 g/mol. The molecular formula is C13H20N4O3. The zero-order valence-corrected chi connectivity index (χ0v) is 12.0. The van der Waals surface area contributed by atoms with Crippen LogP contribution in [0.4, 0.5) is 5.82 Å². The van der Waals surface area contributed by atoms with E-state index < -0.39 is 0 Å². The largest absolute Gasteiger partial charge is 0.465 e. The van der Waals surface area contributed by atoms with Crippen LogP contribution in [0.3, 0.4) is 0 Å². The Kier molecular flexibility index (Phi) is 6.42. The third kappa shape index (κ3) is 4.49. The summed E-state index contributed by atoms with van der Waals surface area (Å²) in [5.74, 6) is -0.0439. The molecule has 1 amide bonds. The van der Waals surface area contributed by atoms with Crippen LogP contribution in [-0.2, 0) is 9.53 Å². The minimum absolute atomic E-state index is 0.111. The Bertz CT molecular complexity index is 447. The highest BCUT2D eigenvalue weighted by Gasteiger charge is 2.13. The standard InChI is InChI=1S/C13H20N4O3/c1-4-14-13(19)10-7-8-11(16-15-10)17(5-2)9-12(18)20-6-3/h7-8H,4-6,9H2,1-3H3,(H,14,19). The zero-order valence-electron chi connectivity index (χ0n) is 12.0. The van der Waals surface area contributed by atoms with Crippen LogP contribution in [0.5, 0.6) is 0 Å². The molecule has 0 aromatic carbocycles. The van der Waals surface area contributed by atoms with Crippen molar-refractivity contribution in [3.63, 3.8) is 0 Å². The van der Waals surface area contributed by atoms with Crippen molar-refractivity contribution in [3.8, 4) is 0 Å². The predicted molar refractivity (Wildman–Crippen MR) is 74.6 cm³/mol. The van der Waals surface area contributed by atoms with E-state index in [-0.39, 0.29) is 24.1 Å². The predicted octanol–water partition coefficient (Wildman–Crippen LogP) is 0.616. The number of likely N-dealkylation sites (N-methyl/N-ethyl adjacent to an activating group) is 1. The number of esters is 1. The normalized spacial score (nSPS) is 9.95. The van der Waals surface area contributed by atoms with Crippen LogP contribution in [0.15, 0.2) is 12.1 Å². The fourth-order valence-corrected chi connectivity index (χ4v) is 1.58. The summed E-state index contributed by atoms with van der Waals surface area (Å²) in [5.41, 5.74) is 0.253. The number of amides is 1. The van der Waals surface area contributed by atoms with Gasteiger partial charge in [-0.05, 0) is 32.9 Å². The molecule has 0 bridgehead atoms. The van der Waals surface area contributed by atoms with Crippen LogP contribution in [-0.4, -0.2) is 48.3 Å². The summed E-state index contributed by atoms with van der Waals surface area (Å²) in [6, 6.07) is 3.25. The third-order valence-electron chi connectivity index (χ3n) is 2.55. The summed E-state index contributed by atoms with van der Waals surface area (Å²) in [7, 11) is 0.